The number of nitro benzene ring substituents is 1. The minimum atomic E-state index is -0.463. The molecule has 1 amide bonds. The predicted octanol–water partition coefficient (Wildman–Crippen LogP) is 3.92. The van der Waals surface area contributed by atoms with Gasteiger partial charge in [0, 0.05) is 22.6 Å². The Labute approximate surface area is 150 Å². The van der Waals surface area contributed by atoms with Crippen LogP contribution in [0.5, 0.6) is 0 Å². The maximum absolute atomic E-state index is 12.2. The molecule has 0 radical (unpaired) electrons. The highest BCUT2D eigenvalue weighted by molar-refractivity contribution is 8.00. The number of nitro groups is 1. The molecule has 7 heteroatoms. The number of benzene rings is 2. The van der Waals surface area contributed by atoms with Gasteiger partial charge in [0.25, 0.3) is 11.6 Å². The van der Waals surface area contributed by atoms with Crippen LogP contribution in [-0.2, 0) is 4.79 Å². The quantitative estimate of drug-likeness (QED) is 0.367. The molecule has 0 fully saturated rings. The number of hydrazone groups is 1. The minimum absolute atomic E-state index is 0.0123. The summed E-state index contributed by atoms with van der Waals surface area (Å²) in [6.07, 6.45) is 0. The molecule has 2 rings (SSSR count). The third-order valence-corrected chi connectivity index (χ3v) is 4.62. The van der Waals surface area contributed by atoms with Crippen molar-refractivity contribution >= 4 is 29.1 Å². The molecule has 6 nitrogen and oxygen atoms in total. The summed E-state index contributed by atoms with van der Waals surface area (Å²) in [5.41, 5.74) is 4.77. The van der Waals surface area contributed by atoms with E-state index in [1.54, 1.807) is 26.0 Å². The first-order valence-corrected chi connectivity index (χ1v) is 8.57. The minimum Gasteiger partial charge on any atom is -0.272 e. The van der Waals surface area contributed by atoms with Gasteiger partial charge in [-0.3, -0.25) is 14.9 Å². The molecule has 1 N–H and O–H groups in total. The Balaban J connectivity index is 1.99. The third-order valence-electron chi connectivity index (χ3n) is 3.51. The lowest BCUT2D eigenvalue weighted by Gasteiger charge is -2.10. The number of amides is 1. The molecule has 0 spiro atoms. The molecule has 2 aromatic carbocycles. The van der Waals surface area contributed by atoms with Gasteiger partial charge in [-0.15, -0.1) is 11.8 Å². The number of rotatable bonds is 6. The first kappa shape index (κ1) is 18.7. The molecule has 0 saturated carbocycles. The number of nitrogens with zero attached hydrogens (tertiary/aromatic N) is 2. The Morgan fingerprint density at radius 1 is 1.24 bits per heavy atom. The van der Waals surface area contributed by atoms with Crippen molar-refractivity contribution in [3.05, 3.63) is 69.8 Å². The SMILES string of the molecule is C/C(=N/NC(=O)[C@H](C)Sc1ccc(C)cc1)c1cccc([N+](=O)[O-])c1. The number of hydrogen-bond donors (Lipinski definition) is 1. The first-order chi connectivity index (χ1) is 11.9. The lowest BCUT2D eigenvalue weighted by Crippen LogP contribution is -2.27. The van der Waals surface area contributed by atoms with Crippen LogP contribution in [0, 0.1) is 17.0 Å². The van der Waals surface area contributed by atoms with Gasteiger partial charge < -0.3 is 0 Å². The monoisotopic (exact) mass is 357 g/mol. The Hall–Kier alpha value is -2.67. The topological polar surface area (TPSA) is 84.6 Å². The Kier molecular flexibility index (Phi) is 6.30. The lowest BCUT2D eigenvalue weighted by molar-refractivity contribution is -0.384. The highest BCUT2D eigenvalue weighted by Crippen LogP contribution is 2.23. The van der Waals surface area contributed by atoms with Crippen molar-refractivity contribution in [3.8, 4) is 0 Å². The number of thioether (sulfide) groups is 1. The normalized spacial score (nSPS) is 12.5. The number of aryl methyl sites for hydroxylation is 1. The Morgan fingerprint density at radius 2 is 1.92 bits per heavy atom. The number of nitrogens with one attached hydrogen (secondary N) is 1. The standard InChI is InChI=1S/C18H19N3O3S/c1-12-7-9-17(10-8-12)25-14(3)18(22)20-19-13(2)15-5-4-6-16(11-15)21(23)24/h4-11,14H,1-3H3,(H,20,22)/b19-13-/t14-/m0/s1. The van der Waals surface area contributed by atoms with Crippen LogP contribution in [0.25, 0.3) is 0 Å². The summed E-state index contributed by atoms with van der Waals surface area (Å²) in [5, 5.41) is 14.6. The zero-order valence-electron chi connectivity index (χ0n) is 14.2. The van der Waals surface area contributed by atoms with Crippen LogP contribution < -0.4 is 5.43 Å². The fraction of sp³-hybridized carbons (Fsp3) is 0.222. The summed E-state index contributed by atoms with van der Waals surface area (Å²) in [5.74, 6) is -0.227. The summed E-state index contributed by atoms with van der Waals surface area (Å²) in [6.45, 7) is 5.51. The van der Waals surface area contributed by atoms with E-state index in [0.29, 0.717) is 11.3 Å². The van der Waals surface area contributed by atoms with Gasteiger partial charge in [-0.2, -0.15) is 5.10 Å². The number of carbonyl (C=O) groups is 1. The summed E-state index contributed by atoms with van der Waals surface area (Å²) in [7, 11) is 0. The van der Waals surface area contributed by atoms with Crippen molar-refractivity contribution in [3.63, 3.8) is 0 Å². The molecule has 0 saturated heterocycles. The van der Waals surface area contributed by atoms with E-state index in [9.17, 15) is 14.9 Å². The van der Waals surface area contributed by atoms with Crippen LogP contribution in [-0.4, -0.2) is 21.8 Å². The molecule has 2 aromatic rings. The average molecular weight is 357 g/mol. The maximum Gasteiger partial charge on any atom is 0.270 e. The Morgan fingerprint density at radius 3 is 2.56 bits per heavy atom. The van der Waals surface area contributed by atoms with E-state index < -0.39 is 4.92 Å². The summed E-state index contributed by atoms with van der Waals surface area (Å²) < 4.78 is 0. The first-order valence-electron chi connectivity index (χ1n) is 7.69. The van der Waals surface area contributed by atoms with Gasteiger partial charge >= 0.3 is 0 Å². The smallest absolute Gasteiger partial charge is 0.270 e. The summed E-state index contributed by atoms with van der Waals surface area (Å²) >= 11 is 1.44. The zero-order valence-corrected chi connectivity index (χ0v) is 15.0. The van der Waals surface area contributed by atoms with E-state index in [4.69, 9.17) is 0 Å². The van der Waals surface area contributed by atoms with Gasteiger partial charge in [0.1, 0.15) is 0 Å². The molecular weight excluding hydrogens is 338 g/mol. The summed E-state index contributed by atoms with van der Waals surface area (Å²) in [6, 6.07) is 14.1. The largest absolute Gasteiger partial charge is 0.272 e. The molecule has 0 aliphatic rings. The van der Waals surface area contributed by atoms with Crippen LogP contribution in [0.1, 0.15) is 25.0 Å². The fourth-order valence-corrected chi connectivity index (χ4v) is 2.87. The molecule has 0 aromatic heterocycles. The number of non-ortho nitro benzene ring substituents is 1. The molecule has 0 unspecified atom stereocenters. The maximum atomic E-state index is 12.2. The van der Waals surface area contributed by atoms with E-state index in [2.05, 4.69) is 10.5 Å². The van der Waals surface area contributed by atoms with Crippen LogP contribution in [0.2, 0.25) is 0 Å². The van der Waals surface area contributed by atoms with E-state index >= 15 is 0 Å². The number of carbonyl (C=O) groups excluding carboxylic acids is 1. The third kappa shape index (κ3) is 5.42. The highest BCUT2D eigenvalue weighted by atomic mass is 32.2. The number of hydrogen-bond acceptors (Lipinski definition) is 5. The van der Waals surface area contributed by atoms with Crippen molar-refractivity contribution < 1.29 is 9.72 Å². The van der Waals surface area contributed by atoms with Gasteiger partial charge in [0.15, 0.2) is 0 Å². The van der Waals surface area contributed by atoms with Gasteiger partial charge in [-0.1, -0.05) is 29.8 Å². The fourth-order valence-electron chi connectivity index (χ4n) is 2.01. The van der Waals surface area contributed by atoms with Crippen molar-refractivity contribution in [2.45, 2.75) is 30.9 Å². The van der Waals surface area contributed by atoms with E-state index in [0.717, 1.165) is 4.90 Å². The molecule has 1 atom stereocenters. The van der Waals surface area contributed by atoms with Crippen LogP contribution >= 0.6 is 11.8 Å². The van der Waals surface area contributed by atoms with Crippen molar-refractivity contribution in [2.75, 3.05) is 0 Å². The Bertz CT molecular complexity index is 803. The molecular formula is C18H19N3O3S. The van der Waals surface area contributed by atoms with E-state index in [1.165, 1.54) is 29.5 Å². The van der Waals surface area contributed by atoms with Gasteiger partial charge in [0.05, 0.1) is 15.9 Å². The van der Waals surface area contributed by atoms with Gasteiger partial charge in [0.2, 0.25) is 0 Å². The van der Waals surface area contributed by atoms with Crippen molar-refractivity contribution in [1.29, 1.82) is 0 Å². The second kappa shape index (κ2) is 8.43. The highest BCUT2D eigenvalue weighted by Gasteiger charge is 2.14. The average Bonchev–Trinajstić information content (AvgIpc) is 2.61. The second-order valence-corrected chi connectivity index (χ2v) is 6.97. The van der Waals surface area contributed by atoms with E-state index in [-0.39, 0.29) is 16.8 Å². The van der Waals surface area contributed by atoms with Crippen molar-refractivity contribution in [1.82, 2.24) is 5.43 Å². The molecule has 130 valence electrons. The lowest BCUT2D eigenvalue weighted by atomic mass is 10.1. The van der Waals surface area contributed by atoms with Gasteiger partial charge in [-0.25, -0.2) is 5.43 Å². The second-order valence-electron chi connectivity index (χ2n) is 5.55. The predicted molar refractivity (Wildman–Crippen MR) is 99.9 cm³/mol. The molecule has 0 aliphatic heterocycles. The van der Waals surface area contributed by atoms with E-state index in [1.807, 2.05) is 31.2 Å². The van der Waals surface area contributed by atoms with Gasteiger partial charge in [-0.05, 0) is 32.9 Å². The zero-order chi connectivity index (χ0) is 18.4. The molecule has 0 bridgehead atoms. The summed E-state index contributed by atoms with van der Waals surface area (Å²) in [4.78, 5) is 23.5. The molecule has 0 aliphatic carbocycles. The van der Waals surface area contributed by atoms with Crippen LogP contribution in [0.15, 0.2) is 58.5 Å². The molecule has 0 heterocycles. The van der Waals surface area contributed by atoms with Crippen LogP contribution in [0.4, 0.5) is 5.69 Å². The molecule has 25 heavy (non-hydrogen) atoms. The van der Waals surface area contributed by atoms with Crippen LogP contribution in [0.3, 0.4) is 0 Å². The van der Waals surface area contributed by atoms with Crippen molar-refractivity contribution in [2.24, 2.45) is 5.10 Å².